The highest BCUT2D eigenvalue weighted by atomic mass is 19.3. The number of nitrogens with zero attached hydrogens (tertiary/aromatic N) is 4. The van der Waals surface area contributed by atoms with Crippen LogP contribution in [0.15, 0.2) is 85.1 Å². The largest absolute Gasteiger partial charge is 0.346 e. The molecule has 0 radical (unpaired) electrons. The van der Waals surface area contributed by atoms with Crippen LogP contribution in [0, 0.1) is 12.8 Å². The molecule has 45 heavy (non-hydrogen) atoms. The van der Waals surface area contributed by atoms with Gasteiger partial charge in [-0.2, -0.15) is 13.9 Å². The number of pyridine rings is 2. The molecule has 1 aromatic carbocycles. The molecule has 2 aliphatic carbocycles. The maximum Gasteiger partial charge on any atom is 0.293 e. The molecule has 1 saturated carbocycles. The molecule has 2 aliphatic rings. The Kier molecular flexibility index (Phi) is 7.84. The third-order valence-corrected chi connectivity index (χ3v) is 8.13. The molecule has 6 rings (SSSR count). The number of halogens is 6. The second-order valence-corrected chi connectivity index (χ2v) is 11.3. The van der Waals surface area contributed by atoms with Crippen molar-refractivity contribution < 1.29 is 31.1 Å². The summed E-state index contributed by atoms with van der Waals surface area (Å²) in [5.41, 5.74) is 1.91. The van der Waals surface area contributed by atoms with Crippen molar-refractivity contribution in [2.75, 3.05) is 0 Å². The van der Waals surface area contributed by atoms with Crippen molar-refractivity contribution in [3.05, 3.63) is 113 Å². The number of rotatable bonds is 10. The minimum atomic E-state index is -3.39. The van der Waals surface area contributed by atoms with E-state index in [0.29, 0.717) is 22.0 Å². The van der Waals surface area contributed by atoms with Crippen LogP contribution in [0.1, 0.15) is 59.6 Å². The lowest BCUT2D eigenvalue weighted by molar-refractivity contribution is -0.122. The predicted molar refractivity (Wildman–Crippen MR) is 156 cm³/mol. The first-order valence-corrected chi connectivity index (χ1v) is 14.2. The summed E-state index contributed by atoms with van der Waals surface area (Å²) in [6, 6.07) is 11.9. The Morgan fingerprint density at radius 2 is 2.00 bits per heavy atom. The summed E-state index contributed by atoms with van der Waals surface area (Å²) in [7, 11) is 0. The number of aromatic nitrogens is 4. The second-order valence-electron chi connectivity index (χ2n) is 11.3. The summed E-state index contributed by atoms with van der Waals surface area (Å²) < 4.78 is 85.0. The van der Waals surface area contributed by atoms with Crippen molar-refractivity contribution in [3.8, 4) is 11.1 Å². The number of carbonyl (C=O) groups excluding carboxylic acids is 1. The number of alkyl halides is 4. The zero-order valence-corrected chi connectivity index (χ0v) is 24.0. The van der Waals surface area contributed by atoms with Crippen molar-refractivity contribution in [2.24, 2.45) is 5.92 Å². The van der Waals surface area contributed by atoms with Crippen LogP contribution in [0.4, 0.5) is 26.3 Å². The topological polar surface area (TPSA) is 72.7 Å². The van der Waals surface area contributed by atoms with Gasteiger partial charge in [0.1, 0.15) is 23.8 Å². The molecule has 232 valence electrons. The van der Waals surface area contributed by atoms with E-state index in [9.17, 15) is 22.4 Å². The average molecular weight is 624 g/mol. The molecule has 4 aromatic rings. The first kappa shape index (κ1) is 30.3. The van der Waals surface area contributed by atoms with Crippen molar-refractivity contribution >= 4 is 16.8 Å². The van der Waals surface area contributed by atoms with Gasteiger partial charge in [0.25, 0.3) is 12.3 Å². The summed E-state index contributed by atoms with van der Waals surface area (Å²) >= 11 is 0. The van der Waals surface area contributed by atoms with Crippen molar-refractivity contribution in [2.45, 2.75) is 50.6 Å². The molecule has 1 N–H and O–H groups in total. The van der Waals surface area contributed by atoms with Crippen LogP contribution in [0.25, 0.3) is 22.0 Å². The van der Waals surface area contributed by atoms with Gasteiger partial charge in [-0.15, -0.1) is 0 Å². The summed E-state index contributed by atoms with van der Waals surface area (Å²) in [6.07, 6.45) is 0.0293. The highest BCUT2D eigenvalue weighted by Crippen LogP contribution is 2.68. The van der Waals surface area contributed by atoms with Gasteiger partial charge in [-0.25, -0.2) is 17.6 Å². The molecule has 6 nitrogen and oxygen atoms in total. The van der Waals surface area contributed by atoms with Gasteiger partial charge < -0.3 is 5.32 Å². The van der Waals surface area contributed by atoms with Gasteiger partial charge in [-0.3, -0.25) is 19.4 Å². The molecule has 2 unspecified atom stereocenters. The summed E-state index contributed by atoms with van der Waals surface area (Å²) in [4.78, 5) is 22.4. The first-order valence-electron chi connectivity index (χ1n) is 14.2. The third kappa shape index (κ3) is 5.76. The van der Waals surface area contributed by atoms with Gasteiger partial charge in [0.15, 0.2) is 0 Å². The van der Waals surface area contributed by atoms with E-state index in [4.69, 9.17) is 0 Å². The van der Waals surface area contributed by atoms with Crippen LogP contribution in [-0.2, 0) is 17.3 Å². The smallest absolute Gasteiger partial charge is 0.293 e. The zero-order valence-electron chi connectivity index (χ0n) is 24.0. The number of benzene rings is 1. The Morgan fingerprint density at radius 3 is 2.76 bits per heavy atom. The maximum atomic E-state index is 15.1. The lowest BCUT2D eigenvalue weighted by atomic mass is 9.95. The van der Waals surface area contributed by atoms with E-state index < -0.39 is 59.9 Å². The van der Waals surface area contributed by atoms with Gasteiger partial charge in [0.05, 0.1) is 23.6 Å². The molecule has 3 atom stereocenters. The lowest BCUT2D eigenvalue weighted by Gasteiger charge is -2.22. The summed E-state index contributed by atoms with van der Waals surface area (Å²) in [6.45, 7) is 4.95. The molecule has 3 aromatic heterocycles. The maximum absolute atomic E-state index is 15.1. The minimum Gasteiger partial charge on any atom is -0.346 e. The van der Waals surface area contributed by atoms with Gasteiger partial charge in [-0.1, -0.05) is 24.8 Å². The highest BCUT2D eigenvalue weighted by Gasteiger charge is 2.67. The Balaban J connectivity index is 1.35. The molecular weight excluding hydrogens is 596 g/mol. The molecule has 3 heterocycles. The average Bonchev–Trinajstić information content (AvgIpc) is 3.65. The molecule has 0 spiro atoms. The lowest BCUT2D eigenvalue weighted by Crippen LogP contribution is -2.34. The first-order chi connectivity index (χ1) is 21.5. The monoisotopic (exact) mass is 623 g/mol. The normalized spacial score (nSPS) is 19.2. The summed E-state index contributed by atoms with van der Waals surface area (Å²) in [5.74, 6) is -6.90. The van der Waals surface area contributed by atoms with Gasteiger partial charge in [0, 0.05) is 40.4 Å². The number of carbonyl (C=O) groups is 1. The quantitative estimate of drug-likeness (QED) is 0.143. The minimum absolute atomic E-state index is 0.0290. The van der Waals surface area contributed by atoms with Crippen LogP contribution >= 0.6 is 0 Å². The fourth-order valence-corrected chi connectivity index (χ4v) is 6.13. The third-order valence-electron chi connectivity index (χ3n) is 8.13. The Labute approximate surface area is 254 Å². The number of allylic oxidation sites excluding steroid dienone is 3. The molecule has 12 heteroatoms. The van der Waals surface area contributed by atoms with E-state index >= 15 is 8.78 Å². The van der Waals surface area contributed by atoms with Crippen LogP contribution in [0.5, 0.6) is 0 Å². The second kappa shape index (κ2) is 11.6. The number of fused-ring (bicyclic) bond motifs is 4. The molecular formula is C33H27F6N5O. The predicted octanol–water partition coefficient (Wildman–Crippen LogP) is 8.09. The van der Waals surface area contributed by atoms with Gasteiger partial charge in [0.2, 0.25) is 5.91 Å². The Morgan fingerprint density at radius 1 is 1.20 bits per heavy atom. The van der Waals surface area contributed by atoms with Gasteiger partial charge >= 0.3 is 0 Å². The van der Waals surface area contributed by atoms with E-state index in [1.165, 1.54) is 6.20 Å². The molecule has 0 aliphatic heterocycles. The number of aryl methyl sites for hydroxylation is 1. The molecule has 1 fully saturated rings. The van der Waals surface area contributed by atoms with Crippen molar-refractivity contribution in [1.29, 1.82) is 0 Å². The fraction of sp³-hybridized carbons (Fsp3) is 0.273. The van der Waals surface area contributed by atoms with E-state index in [1.807, 2.05) is 37.3 Å². The van der Waals surface area contributed by atoms with E-state index in [2.05, 4.69) is 27.0 Å². The zero-order chi connectivity index (χ0) is 32.0. The molecule has 0 bridgehead atoms. The highest BCUT2D eigenvalue weighted by molar-refractivity contribution is 5.85. The molecule has 1 amide bonds. The van der Waals surface area contributed by atoms with E-state index in [0.717, 1.165) is 28.2 Å². The van der Waals surface area contributed by atoms with Crippen molar-refractivity contribution in [1.82, 2.24) is 25.1 Å². The standard InChI is InChI=1S/C33H27F6N5O/c1-17(12-21(35)9-10-34)13-26(29-22(4-3-11-40-29)19-7-8-25-20(14-19)6-5-18(2)41-25)42-27(45)16-44-31-28(30(43-44)32(36)37)23-15-24(23)33(31,38)39/h3-12,14,23-24,26,32H,1,13,15-16H2,2H3,(H,42,45)/b10-9+,21-12+/t23?,24?,26-/m0/s1. The Hall–Kier alpha value is -4.74. The fourth-order valence-electron chi connectivity index (χ4n) is 6.13. The van der Waals surface area contributed by atoms with E-state index in [1.54, 1.807) is 12.1 Å². The number of hydrogen-bond donors (Lipinski definition) is 1. The Bertz CT molecular complexity index is 1880. The van der Waals surface area contributed by atoms with Crippen LogP contribution in [-0.4, -0.2) is 25.7 Å². The van der Waals surface area contributed by atoms with Crippen LogP contribution in [0.3, 0.4) is 0 Å². The van der Waals surface area contributed by atoms with Crippen LogP contribution in [0.2, 0.25) is 0 Å². The number of amides is 1. The molecule has 0 saturated heterocycles. The van der Waals surface area contributed by atoms with E-state index in [-0.39, 0.29) is 30.3 Å². The summed E-state index contributed by atoms with van der Waals surface area (Å²) in [5, 5.41) is 7.32. The van der Waals surface area contributed by atoms with Gasteiger partial charge in [-0.05, 0) is 67.2 Å². The SMILES string of the molecule is C=C(/C=C(F)\C=C\F)C[C@H](NC(=O)Cn1nc(C(F)F)c2c1C(F)(F)C1CC21)c1ncccc1-c1ccc2nc(C)ccc2c1. The van der Waals surface area contributed by atoms with Crippen LogP contribution < -0.4 is 5.32 Å². The van der Waals surface area contributed by atoms with Crippen molar-refractivity contribution in [3.63, 3.8) is 0 Å². The number of hydrogen-bond acceptors (Lipinski definition) is 4. The number of nitrogens with one attached hydrogen (secondary N) is 1.